The number of fused-ring (bicyclic) bond motifs is 1. The zero-order valence-electron chi connectivity index (χ0n) is 19.4. The second kappa shape index (κ2) is 11.9. The highest BCUT2D eigenvalue weighted by Gasteiger charge is 2.49. The third-order valence-electron chi connectivity index (χ3n) is 5.95. The fraction of sp³-hybridized carbons (Fsp3) is 0.667. The molecular formula is C21H34N6O6. The van der Waals surface area contributed by atoms with Gasteiger partial charge in [-0.2, -0.15) is 0 Å². The molecule has 2 atom stereocenters. The molecule has 1 amide bonds. The van der Waals surface area contributed by atoms with Gasteiger partial charge in [0.25, 0.3) is 17.8 Å². The number of aliphatic hydroxyl groups excluding tert-OH is 1. The van der Waals surface area contributed by atoms with E-state index < -0.39 is 11.9 Å². The molecule has 0 aromatic carbocycles. The van der Waals surface area contributed by atoms with Crippen LogP contribution in [0.25, 0.3) is 0 Å². The Balaban J connectivity index is 0.000000420. The van der Waals surface area contributed by atoms with Crippen molar-refractivity contribution in [3.05, 3.63) is 18.1 Å². The monoisotopic (exact) mass is 466 g/mol. The number of carboxylic acid groups (broad SMARTS) is 2. The van der Waals surface area contributed by atoms with E-state index in [-0.39, 0.29) is 17.9 Å². The van der Waals surface area contributed by atoms with Gasteiger partial charge in [-0.15, -0.1) is 0 Å². The van der Waals surface area contributed by atoms with Crippen molar-refractivity contribution in [3.8, 4) is 0 Å². The summed E-state index contributed by atoms with van der Waals surface area (Å²) in [5.74, 6) is -0.557. The lowest BCUT2D eigenvalue weighted by Crippen LogP contribution is -2.47. The number of carboxylic acids is 2. The van der Waals surface area contributed by atoms with Crippen molar-refractivity contribution in [2.24, 2.45) is 11.3 Å². The van der Waals surface area contributed by atoms with E-state index in [1.807, 2.05) is 4.90 Å². The smallest absolute Gasteiger partial charge is 0.300 e. The minimum atomic E-state index is -0.833. The number of amides is 1. The molecule has 12 nitrogen and oxygen atoms in total. The van der Waals surface area contributed by atoms with Gasteiger partial charge >= 0.3 is 0 Å². The first kappa shape index (κ1) is 26.4. The molecule has 2 unspecified atom stereocenters. The van der Waals surface area contributed by atoms with Crippen LogP contribution in [0.4, 0.5) is 5.82 Å². The number of carbonyl (C=O) groups is 3. The molecule has 4 heterocycles. The number of aromatic nitrogens is 2. The molecular weight excluding hydrogens is 432 g/mol. The Morgan fingerprint density at radius 3 is 2.27 bits per heavy atom. The minimum Gasteiger partial charge on any atom is -0.481 e. The highest BCUT2D eigenvalue weighted by molar-refractivity contribution is 5.92. The Labute approximate surface area is 193 Å². The topological polar surface area (TPSA) is 159 Å². The number of anilines is 1. The molecule has 1 aromatic rings. The number of carbonyl (C=O) groups excluding carboxylic acids is 1. The van der Waals surface area contributed by atoms with Crippen molar-refractivity contribution in [2.45, 2.75) is 13.8 Å². The van der Waals surface area contributed by atoms with Crippen LogP contribution < -0.4 is 10.2 Å². The Hall–Kier alpha value is -2.83. The fourth-order valence-electron chi connectivity index (χ4n) is 4.20. The van der Waals surface area contributed by atoms with Gasteiger partial charge in [0.1, 0.15) is 11.5 Å². The van der Waals surface area contributed by atoms with Crippen LogP contribution in [-0.2, 0) is 9.59 Å². The van der Waals surface area contributed by atoms with E-state index in [0.717, 1.165) is 72.0 Å². The maximum absolute atomic E-state index is 12.7. The maximum atomic E-state index is 12.7. The lowest BCUT2D eigenvalue weighted by molar-refractivity contribution is -0.135. The molecule has 0 radical (unpaired) electrons. The van der Waals surface area contributed by atoms with Gasteiger partial charge in [0.15, 0.2) is 0 Å². The Bertz CT molecular complexity index is 811. The van der Waals surface area contributed by atoms with Crippen LogP contribution >= 0.6 is 0 Å². The summed E-state index contributed by atoms with van der Waals surface area (Å²) in [5, 5.41) is 28.1. The molecule has 184 valence electrons. The van der Waals surface area contributed by atoms with Crippen LogP contribution in [0.5, 0.6) is 0 Å². The van der Waals surface area contributed by atoms with Crippen LogP contribution in [0, 0.1) is 11.3 Å². The first-order valence-electron chi connectivity index (χ1n) is 10.8. The Morgan fingerprint density at radius 1 is 1.12 bits per heavy atom. The SMILES string of the molecule is CC(=O)O.CC(=O)O.CN1CCN(C(=O)c2cncc(N3CC4CNCC4(CO)C3)n2)CC1. The Morgan fingerprint density at radius 2 is 1.73 bits per heavy atom. The first-order chi connectivity index (χ1) is 15.6. The van der Waals surface area contributed by atoms with Gasteiger partial charge in [0.05, 0.1) is 19.0 Å². The number of rotatable bonds is 3. The molecule has 4 rings (SSSR count). The summed E-state index contributed by atoms with van der Waals surface area (Å²) >= 11 is 0. The lowest BCUT2D eigenvalue weighted by Gasteiger charge is -2.32. The van der Waals surface area contributed by atoms with Crippen molar-refractivity contribution < 1.29 is 29.7 Å². The van der Waals surface area contributed by atoms with Crippen LogP contribution in [0.1, 0.15) is 24.3 Å². The van der Waals surface area contributed by atoms with Gasteiger partial charge in [0, 0.05) is 71.6 Å². The number of aliphatic hydroxyl groups is 1. The summed E-state index contributed by atoms with van der Waals surface area (Å²) in [6.07, 6.45) is 3.28. The van der Waals surface area contributed by atoms with E-state index in [1.165, 1.54) is 0 Å². The van der Waals surface area contributed by atoms with Crippen molar-refractivity contribution in [1.29, 1.82) is 0 Å². The van der Waals surface area contributed by atoms with Gasteiger partial charge in [-0.05, 0) is 13.0 Å². The second-order valence-corrected chi connectivity index (χ2v) is 8.62. The molecule has 4 N–H and O–H groups in total. The van der Waals surface area contributed by atoms with Crippen LogP contribution in [-0.4, -0.2) is 119 Å². The number of aliphatic carboxylic acids is 2. The van der Waals surface area contributed by atoms with E-state index in [4.69, 9.17) is 19.8 Å². The average molecular weight is 467 g/mol. The van der Waals surface area contributed by atoms with Crippen LogP contribution in [0.2, 0.25) is 0 Å². The highest BCUT2D eigenvalue weighted by Crippen LogP contribution is 2.39. The van der Waals surface area contributed by atoms with E-state index in [0.29, 0.717) is 11.6 Å². The number of piperazine rings is 1. The average Bonchev–Trinajstić information content (AvgIpc) is 3.31. The predicted molar refractivity (Wildman–Crippen MR) is 120 cm³/mol. The third kappa shape index (κ3) is 7.34. The molecule has 33 heavy (non-hydrogen) atoms. The summed E-state index contributed by atoms with van der Waals surface area (Å²) in [4.78, 5) is 45.8. The number of hydrogen-bond donors (Lipinski definition) is 4. The quantitative estimate of drug-likeness (QED) is 0.435. The fourth-order valence-corrected chi connectivity index (χ4v) is 4.20. The predicted octanol–water partition coefficient (Wildman–Crippen LogP) is -0.936. The van der Waals surface area contributed by atoms with E-state index in [1.54, 1.807) is 12.4 Å². The third-order valence-corrected chi connectivity index (χ3v) is 5.95. The zero-order chi connectivity index (χ0) is 24.6. The largest absolute Gasteiger partial charge is 0.481 e. The molecule has 3 aliphatic rings. The number of nitrogens with one attached hydrogen (secondary N) is 1. The standard InChI is InChI=1S/C17H26N6O2.2C2H4O2/c1-21-2-4-22(5-3-21)16(25)14-7-18-8-15(20-14)23-9-13-6-19-10-17(13,11-23)12-24;2*1-2(3)4/h7-8,13,19,24H,2-6,9-12H2,1H3;2*1H3,(H,3,4). The normalized spacial score (nSPS) is 24.2. The molecule has 3 saturated heterocycles. The first-order valence-corrected chi connectivity index (χ1v) is 10.8. The number of nitrogens with zero attached hydrogens (tertiary/aromatic N) is 5. The second-order valence-electron chi connectivity index (χ2n) is 8.62. The van der Waals surface area contributed by atoms with Gasteiger partial charge in [0.2, 0.25) is 0 Å². The lowest BCUT2D eigenvalue weighted by atomic mass is 9.82. The van der Waals surface area contributed by atoms with Crippen molar-refractivity contribution in [3.63, 3.8) is 0 Å². The minimum absolute atomic E-state index is 0.0413. The number of hydrogen-bond acceptors (Lipinski definition) is 9. The molecule has 3 aliphatic heterocycles. The summed E-state index contributed by atoms with van der Waals surface area (Å²) in [7, 11) is 2.07. The highest BCUT2D eigenvalue weighted by atomic mass is 16.4. The molecule has 0 spiro atoms. The summed E-state index contributed by atoms with van der Waals surface area (Å²) < 4.78 is 0. The van der Waals surface area contributed by atoms with Crippen molar-refractivity contribution in [2.75, 3.05) is 70.9 Å². The molecule has 0 aliphatic carbocycles. The van der Waals surface area contributed by atoms with E-state index in [9.17, 15) is 9.90 Å². The zero-order valence-corrected chi connectivity index (χ0v) is 19.4. The maximum Gasteiger partial charge on any atom is 0.300 e. The Kier molecular flexibility index (Phi) is 9.50. The molecule has 12 heteroatoms. The summed E-state index contributed by atoms with van der Waals surface area (Å²) in [6, 6.07) is 0. The van der Waals surface area contributed by atoms with E-state index in [2.05, 4.69) is 32.1 Å². The van der Waals surface area contributed by atoms with Gasteiger partial charge in [-0.25, -0.2) is 4.98 Å². The number of likely N-dealkylation sites (N-methyl/N-ethyl adjacent to an activating group) is 1. The van der Waals surface area contributed by atoms with Crippen molar-refractivity contribution >= 4 is 23.7 Å². The molecule has 1 aromatic heterocycles. The van der Waals surface area contributed by atoms with Crippen LogP contribution in [0.3, 0.4) is 0 Å². The van der Waals surface area contributed by atoms with E-state index >= 15 is 0 Å². The molecule has 0 bridgehead atoms. The molecule has 0 saturated carbocycles. The summed E-state index contributed by atoms with van der Waals surface area (Å²) in [5.41, 5.74) is 0.314. The summed E-state index contributed by atoms with van der Waals surface area (Å²) in [6.45, 7) is 8.92. The van der Waals surface area contributed by atoms with Gasteiger partial charge in [-0.3, -0.25) is 19.4 Å². The van der Waals surface area contributed by atoms with Crippen LogP contribution in [0.15, 0.2) is 12.4 Å². The van der Waals surface area contributed by atoms with Gasteiger partial charge < -0.3 is 35.3 Å². The van der Waals surface area contributed by atoms with Crippen molar-refractivity contribution in [1.82, 2.24) is 25.1 Å². The molecule has 3 fully saturated rings. The van der Waals surface area contributed by atoms with Gasteiger partial charge in [-0.1, -0.05) is 0 Å².